The van der Waals surface area contributed by atoms with Crippen molar-refractivity contribution in [2.75, 3.05) is 17.2 Å². The van der Waals surface area contributed by atoms with Gasteiger partial charge in [-0.3, -0.25) is 14.6 Å². The summed E-state index contributed by atoms with van der Waals surface area (Å²) in [5.41, 5.74) is 1.05. The van der Waals surface area contributed by atoms with Crippen LogP contribution < -0.4 is 4.90 Å². The molecule has 2 aliphatic heterocycles. The fourth-order valence-electron chi connectivity index (χ4n) is 2.46. The smallest absolute Gasteiger partial charge is 0.299 e. The number of fused-ring (bicyclic) bond motifs is 1. The first-order valence-corrected chi connectivity index (χ1v) is 9.25. The Balaban J connectivity index is 1.55. The highest BCUT2D eigenvalue weighted by molar-refractivity contribution is 8.40. The maximum atomic E-state index is 12.1. The summed E-state index contributed by atoms with van der Waals surface area (Å²) in [6.45, 7) is 8.70. The van der Waals surface area contributed by atoms with Crippen LogP contribution in [0.15, 0.2) is 40.7 Å². The van der Waals surface area contributed by atoms with Gasteiger partial charge in [0.05, 0.1) is 16.8 Å². The predicted molar refractivity (Wildman–Crippen MR) is 98.4 cm³/mol. The summed E-state index contributed by atoms with van der Waals surface area (Å²) < 4.78 is 1.03. The average molecular weight is 346 g/mol. The normalized spacial score (nSPS) is 19.3. The summed E-state index contributed by atoms with van der Waals surface area (Å²) in [4.78, 5) is 31.3. The van der Waals surface area contributed by atoms with E-state index >= 15 is 0 Å². The van der Waals surface area contributed by atoms with Crippen molar-refractivity contribution in [3.05, 3.63) is 41.3 Å². The zero-order valence-electron chi connectivity index (χ0n) is 13.2. The SMILES string of the molecule is C=C1SC(SCCCN2C(=O)C(=O)c3ccccc32)=NC1(C)C. The highest BCUT2D eigenvalue weighted by atomic mass is 32.2. The minimum absolute atomic E-state index is 0.191. The summed E-state index contributed by atoms with van der Waals surface area (Å²) in [6, 6.07) is 7.17. The number of thioether (sulfide) groups is 2. The highest BCUT2D eigenvalue weighted by Gasteiger charge is 2.35. The number of rotatable bonds is 4. The van der Waals surface area contributed by atoms with E-state index in [-0.39, 0.29) is 5.54 Å². The lowest BCUT2D eigenvalue weighted by molar-refractivity contribution is -0.114. The van der Waals surface area contributed by atoms with E-state index in [0.29, 0.717) is 12.1 Å². The van der Waals surface area contributed by atoms with E-state index in [4.69, 9.17) is 0 Å². The lowest BCUT2D eigenvalue weighted by Gasteiger charge is -2.15. The van der Waals surface area contributed by atoms with Crippen molar-refractivity contribution >= 4 is 45.3 Å². The van der Waals surface area contributed by atoms with E-state index in [0.717, 1.165) is 27.1 Å². The van der Waals surface area contributed by atoms with Gasteiger partial charge in [0.2, 0.25) is 0 Å². The van der Waals surface area contributed by atoms with Crippen LogP contribution in [0, 0.1) is 0 Å². The lowest BCUT2D eigenvalue weighted by Crippen LogP contribution is -2.30. The molecule has 3 rings (SSSR count). The Morgan fingerprint density at radius 1 is 1.30 bits per heavy atom. The average Bonchev–Trinajstić information content (AvgIpc) is 2.91. The predicted octanol–water partition coefficient (Wildman–Crippen LogP) is 3.73. The number of aliphatic imine (C=N–C) groups is 1. The number of ketones is 1. The molecule has 0 atom stereocenters. The number of carbonyl (C=O) groups is 2. The van der Waals surface area contributed by atoms with Gasteiger partial charge in [0.25, 0.3) is 11.7 Å². The molecule has 0 aromatic heterocycles. The molecule has 0 fully saturated rings. The number of amides is 1. The maximum absolute atomic E-state index is 12.1. The van der Waals surface area contributed by atoms with Gasteiger partial charge in [-0.1, -0.05) is 42.2 Å². The fraction of sp³-hybridized carbons (Fsp3) is 0.353. The maximum Gasteiger partial charge on any atom is 0.299 e. The minimum Gasteiger partial charge on any atom is -0.305 e. The topological polar surface area (TPSA) is 49.7 Å². The standard InChI is InChI=1S/C17H18N2O2S2/c1-11-17(2,3)18-16(23-11)22-10-6-9-19-13-8-5-4-7-12(13)14(20)15(19)21/h4-5,7-8H,1,6,9-10H2,2-3H3. The molecule has 120 valence electrons. The number of para-hydroxylation sites is 1. The van der Waals surface area contributed by atoms with Gasteiger partial charge in [0, 0.05) is 17.2 Å². The van der Waals surface area contributed by atoms with E-state index in [9.17, 15) is 9.59 Å². The second-order valence-corrected chi connectivity index (χ2v) is 8.39. The number of benzene rings is 1. The molecular weight excluding hydrogens is 328 g/mol. The van der Waals surface area contributed by atoms with Gasteiger partial charge >= 0.3 is 0 Å². The Bertz CT molecular complexity index is 725. The molecular formula is C17H18N2O2S2. The van der Waals surface area contributed by atoms with Crippen LogP contribution in [-0.4, -0.2) is 33.9 Å². The van der Waals surface area contributed by atoms with Gasteiger partial charge < -0.3 is 4.90 Å². The van der Waals surface area contributed by atoms with Crippen LogP contribution in [0.25, 0.3) is 0 Å². The van der Waals surface area contributed by atoms with Crippen LogP contribution in [0.5, 0.6) is 0 Å². The second kappa shape index (κ2) is 6.17. The van der Waals surface area contributed by atoms with Crippen molar-refractivity contribution < 1.29 is 9.59 Å². The lowest BCUT2D eigenvalue weighted by atomic mass is 10.1. The molecule has 0 bridgehead atoms. The quantitative estimate of drug-likeness (QED) is 0.616. The highest BCUT2D eigenvalue weighted by Crippen LogP contribution is 2.41. The van der Waals surface area contributed by atoms with Gasteiger partial charge in [-0.15, -0.1) is 0 Å². The molecule has 0 saturated heterocycles. The number of hydrogen-bond acceptors (Lipinski definition) is 5. The molecule has 0 aliphatic carbocycles. The monoisotopic (exact) mass is 346 g/mol. The fourth-order valence-corrected chi connectivity index (χ4v) is 4.77. The first kappa shape index (κ1) is 16.3. The second-order valence-electron chi connectivity index (χ2n) is 5.97. The molecule has 6 heteroatoms. The van der Waals surface area contributed by atoms with Crippen LogP contribution >= 0.6 is 23.5 Å². The molecule has 1 amide bonds. The van der Waals surface area contributed by atoms with Gasteiger partial charge in [-0.25, -0.2) is 0 Å². The number of nitrogens with zero attached hydrogens (tertiary/aromatic N) is 2. The van der Waals surface area contributed by atoms with E-state index in [1.54, 1.807) is 40.6 Å². The number of anilines is 1. The summed E-state index contributed by atoms with van der Waals surface area (Å²) in [5.74, 6) is 0.0373. The third-order valence-corrected chi connectivity index (χ3v) is 6.34. The first-order chi connectivity index (χ1) is 10.9. The van der Waals surface area contributed by atoms with Crippen molar-refractivity contribution in [2.45, 2.75) is 25.8 Å². The molecule has 2 aliphatic rings. The van der Waals surface area contributed by atoms with Gasteiger partial charge in [-0.05, 0) is 32.4 Å². The van der Waals surface area contributed by atoms with E-state index < -0.39 is 11.7 Å². The van der Waals surface area contributed by atoms with Crippen molar-refractivity contribution in [3.8, 4) is 0 Å². The third kappa shape index (κ3) is 3.10. The Labute approximate surface area is 144 Å². The van der Waals surface area contributed by atoms with Gasteiger partial charge in [-0.2, -0.15) is 0 Å². The van der Waals surface area contributed by atoms with Gasteiger partial charge in [0.1, 0.15) is 4.38 Å². The molecule has 0 unspecified atom stereocenters. The van der Waals surface area contributed by atoms with Crippen LogP contribution in [-0.2, 0) is 4.79 Å². The number of carbonyl (C=O) groups excluding carboxylic acids is 2. The molecule has 1 aromatic carbocycles. The first-order valence-electron chi connectivity index (χ1n) is 7.45. The summed E-state index contributed by atoms with van der Waals surface area (Å²) >= 11 is 3.31. The number of hydrogen-bond donors (Lipinski definition) is 0. The Hall–Kier alpha value is -1.53. The zero-order valence-corrected chi connectivity index (χ0v) is 14.8. The molecule has 2 heterocycles. The van der Waals surface area contributed by atoms with Crippen molar-refractivity contribution in [1.29, 1.82) is 0 Å². The third-order valence-electron chi connectivity index (χ3n) is 3.89. The molecule has 1 aromatic rings. The van der Waals surface area contributed by atoms with Crippen molar-refractivity contribution in [1.82, 2.24) is 0 Å². The van der Waals surface area contributed by atoms with Crippen LogP contribution in [0.4, 0.5) is 5.69 Å². The Kier molecular flexibility index (Phi) is 4.38. The van der Waals surface area contributed by atoms with Crippen LogP contribution in [0.2, 0.25) is 0 Å². The molecule has 0 N–H and O–H groups in total. The minimum atomic E-state index is -0.418. The Morgan fingerprint density at radius 2 is 2.04 bits per heavy atom. The van der Waals surface area contributed by atoms with E-state index in [1.165, 1.54) is 0 Å². The van der Waals surface area contributed by atoms with Gasteiger partial charge in [0.15, 0.2) is 0 Å². The van der Waals surface area contributed by atoms with Crippen molar-refractivity contribution in [3.63, 3.8) is 0 Å². The molecule has 0 saturated carbocycles. The van der Waals surface area contributed by atoms with E-state index in [2.05, 4.69) is 25.4 Å². The molecule has 4 nitrogen and oxygen atoms in total. The molecule has 0 spiro atoms. The molecule has 23 heavy (non-hydrogen) atoms. The Morgan fingerprint density at radius 3 is 2.74 bits per heavy atom. The van der Waals surface area contributed by atoms with Crippen molar-refractivity contribution in [2.24, 2.45) is 4.99 Å². The van der Waals surface area contributed by atoms with Crippen LogP contribution in [0.1, 0.15) is 30.6 Å². The summed E-state index contributed by atoms with van der Waals surface area (Å²) in [6.07, 6.45) is 0.810. The largest absolute Gasteiger partial charge is 0.305 e. The zero-order chi connectivity index (χ0) is 16.6. The van der Waals surface area contributed by atoms with E-state index in [1.807, 2.05) is 12.1 Å². The summed E-state index contributed by atoms with van der Waals surface area (Å²) in [7, 11) is 0. The molecule has 0 radical (unpaired) electrons. The number of Topliss-reactive ketones (excluding diaryl/α,β-unsaturated/α-hetero) is 1. The van der Waals surface area contributed by atoms with Crippen LogP contribution in [0.3, 0.4) is 0 Å². The summed E-state index contributed by atoms with van der Waals surface area (Å²) in [5, 5.41) is 0.